The molecule has 2 fully saturated rings. The second-order valence-electron chi connectivity index (χ2n) is 6.79. The van der Waals surface area contributed by atoms with E-state index in [0.717, 1.165) is 49.9 Å². The maximum atomic E-state index is 12.2. The SMILES string of the molecule is O=C(NCCCN1CCCC1=O)c1cc2c(s1)CN(C1CC1)C2. The molecule has 0 spiro atoms. The van der Waals surface area contributed by atoms with Crippen molar-refractivity contribution in [2.24, 2.45) is 0 Å². The summed E-state index contributed by atoms with van der Waals surface area (Å²) in [5.41, 5.74) is 1.34. The minimum atomic E-state index is 0.0371. The number of likely N-dealkylation sites (tertiary alicyclic amines) is 1. The molecule has 5 nitrogen and oxygen atoms in total. The van der Waals surface area contributed by atoms with Crippen LogP contribution in [0.4, 0.5) is 0 Å². The van der Waals surface area contributed by atoms with Gasteiger partial charge in [-0.1, -0.05) is 0 Å². The van der Waals surface area contributed by atoms with Gasteiger partial charge in [0.25, 0.3) is 5.91 Å². The lowest BCUT2D eigenvalue weighted by Crippen LogP contribution is -2.30. The largest absolute Gasteiger partial charge is 0.351 e. The summed E-state index contributed by atoms with van der Waals surface area (Å²) in [5.74, 6) is 0.293. The van der Waals surface area contributed by atoms with Crippen molar-refractivity contribution < 1.29 is 9.59 Å². The Morgan fingerprint density at radius 1 is 1.35 bits per heavy atom. The number of hydrogen-bond donors (Lipinski definition) is 1. The molecule has 2 amide bonds. The number of rotatable bonds is 6. The van der Waals surface area contributed by atoms with Crippen molar-refractivity contribution in [3.05, 3.63) is 21.4 Å². The average molecular weight is 333 g/mol. The highest BCUT2D eigenvalue weighted by Gasteiger charge is 2.34. The van der Waals surface area contributed by atoms with E-state index in [0.29, 0.717) is 13.0 Å². The normalized spacial score (nSPS) is 21.0. The molecule has 3 heterocycles. The van der Waals surface area contributed by atoms with Gasteiger partial charge in [0.1, 0.15) is 0 Å². The van der Waals surface area contributed by atoms with E-state index >= 15 is 0 Å². The van der Waals surface area contributed by atoms with Crippen LogP contribution < -0.4 is 5.32 Å². The maximum absolute atomic E-state index is 12.2. The molecule has 0 atom stereocenters. The third kappa shape index (κ3) is 3.28. The molecule has 0 radical (unpaired) electrons. The maximum Gasteiger partial charge on any atom is 0.261 e. The molecule has 124 valence electrons. The number of fused-ring (bicyclic) bond motifs is 1. The Morgan fingerprint density at radius 3 is 2.91 bits per heavy atom. The lowest BCUT2D eigenvalue weighted by atomic mass is 10.2. The van der Waals surface area contributed by atoms with Crippen LogP contribution in [0.3, 0.4) is 0 Å². The highest BCUT2D eigenvalue weighted by molar-refractivity contribution is 7.14. The van der Waals surface area contributed by atoms with Crippen molar-refractivity contribution in [2.75, 3.05) is 19.6 Å². The summed E-state index contributed by atoms with van der Waals surface area (Å²) in [5, 5.41) is 2.99. The molecule has 0 aromatic carbocycles. The van der Waals surface area contributed by atoms with Crippen molar-refractivity contribution in [1.82, 2.24) is 15.1 Å². The fourth-order valence-electron chi connectivity index (χ4n) is 3.50. The standard InChI is InChI=1S/C17H23N3O2S/c21-16-3-1-7-19(16)8-2-6-18-17(22)14-9-12-10-20(13-4-5-13)11-15(12)23-14/h9,13H,1-8,10-11H2,(H,18,22). The number of carbonyl (C=O) groups excluding carboxylic acids is 2. The molecular formula is C17H23N3O2S. The number of nitrogens with zero attached hydrogens (tertiary/aromatic N) is 2. The quantitative estimate of drug-likeness (QED) is 0.810. The monoisotopic (exact) mass is 333 g/mol. The van der Waals surface area contributed by atoms with Gasteiger partial charge < -0.3 is 10.2 Å². The van der Waals surface area contributed by atoms with E-state index < -0.39 is 0 Å². The second-order valence-corrected chi connectivity index (χ2v) is 7.93. The van der Waals surface area contributed by atoms with Crippen LogP contribution in [0.1, 0.15) is 52.2 Å². The molecule has 0 bridgehead atoms. The van der Waals surface area contributed by atoms with Gasteiger partial charge in [0.2, 0.25) is 5.91 Å². The topological polar surface area (TPSA) is 52.7 Å². The van der Waals surface area contributed by atoms with Crippen molar-refractivity contribution >= 4 is 23.2 Å². The molecule has 23 heavy (non-hydrogen) atoms. The van der Waals surface area contributed by atoms with E-state index in [9.17, 15) is 9.59 Å². The Morgan fingerprint density at radius 2 is 2.22 bits per heavy atom. The van der Waals surface area contributed by atoms with Crippen LogP contribution >= 0.6 is 11.3 Å². The highest BCUT2D eigenvalue weighted by atomic mass is 32.1. The lowest BCUT2D eigenvalue weighted by molar-refractivity contribution is -0.127. The van der Waals surface area contributed by atoms with Gasteiger partial charge >= 0.3 is 0 Å². The molecule has 1 saturated carbocycles. The number of thiophene rings is 1. The fraction of sp³-hybridized carbons (Fsp3) is 0.647. The van der Waals surface area contributed by atoms with Crippen LogP contribution in [0, 0.1) is 0 Å². The van der Waals surface area contributed by atoms with Crippen molar-refractivity contribution in [3.8, 4) is 0 Å². The molecule has 1 aromatic heterocycles. The van der Waals surface area contributed by atoms with E-state index in [1.165, 1.54) is 23.3 Å². The van der Waals surface area contributed by atoms with Crippen LogP contribution in [0.2, 0.25) is 0 Å². The van der Waals surface area contributed by atoms with Gasteiger partial charge in [-0.2, -0.15) is 0 Å². The minimum absolute atomic E-state index is 0.0371. The molecule has 1 aliphatic carbocycles. The Kier molecular flexibility index (Phi) is 4.11. The molecule has 2 aliphatic heterocycles. The summed E-state index contributed by atoms with van der Waals surface area (Å²) in [6.07, 6.45) is 5.16. The summed E-state index contributed by atoms with van der Waals surface area (Å²) in [6.45, 7) is 4.31. The van der Waals surface area contributed by atoms with Gasteiger partial charge in [-0.3, -0.25) is 14.5 Å². The van der Waals surface area contributed by atoms with Gasteiger partial charge in [-0.05, 0) is 37.3 Å². The van der Waals surface area contributed by atoms with E-state index in [2.05, 4.69) is 16.3 Å². The van der Waals surface area contributed by atoms with E-state index in [4.69, 9.17) is 0 Å². The molecule has 1 N–H and O–H groups in total. The van der Waals surface area contributed by atoms with Gasteiger partial charge in [0, 0.05) is 50.1 Å². The zero-order valence-electron chi connectivity index (χ0n) is 13.3. The van der Waals surface area contributed by atoms with Crippen molar-refractivity contribution in [1.29, 1.82) is 0 Å². The number of nitrogens with one attached hydrogen (secondary N) is 1. The fourth-order valence-corrected chi connectivity index (χ4v) is 4.62. The summed E-state index contributed by atoms with van der Waals surface area (Å²) in [7, 11) is 0. The van der Waals surface area contributed by atoms with Crippen LogP contribution in [0.5, 0.6) is 0 Å². The summed E-state index contributed by atoms with van der Waals surface area (Å²) < 4.78 is 0. The molecule has 0 unspecified atom stereocenters. The Labute approximate surface area is 140 Å². The predicted molar refractivity (Wildman–Crippen MR) is 89.4 cm³/mol. The van der Waals surface area contributed by atoms with E-state index in [1.54, 1.807) is 11.3 Å². The predicted octanol–water partition coefficient (Wildman–Crippen LogP) is 1.97. The van der Waals surface area contributed by atoms with Gasteiger partial charge in [0.15, 0.2) is 0 Å². The molecule has 4 rings (SSSR count). The molecule has 6 heteroatoms. The first-order valence-electron chi connectivity index (χ1n) is 8.62. The Balaban J connectivity index is 1.22. The minimum Gasteiger partial charge on any atom is -0.351 e. The average Bonchev–Trinajstić information content (AvgIpc) is 3.00. The number of carbonyl (C=O) groups is 2. The molecule has 3 aliphatic rings. The van der Waals surface area contributed by atoms with Gasteiger partial charge in [0.05, 0.1) is 4.88 Å². The lowest BCUT2D eigenvalue weighted by Gasteiger charge is -2.15. The van der Waals surface area contributed by atoms with E-state index in [1.807, 2.05) is 4.90 Å². The van der Waals surface area contributed by atoms with Crippen molar-refractivity contribution in [2.45, 2.75) is 51.2 Å². The first-order chi connectivity index (χ1) is 11.2. The number of hydrogen-bond acceptors (Lipinski definition) is 4. The third-order valence-corrected chi connectivity index (χ3v) is 6.13. The van der Waals surface area contributed by atoms with Crippen LogP contribution in [0.25, 0.3) is 0 Å². The zero-order chi connectivity index (χ0) is 15.8. The van der Waals surface area contributed by atoms with Gasteiger partial charge in [-0.25, -0.2) is 0 Å². The first kappa shape index (κ1) is 15.1. The molecule has 1 aromatic rings. The first-order valence-corrected chi connectivity index (χ1v) is 9.44. The van der Waals surface area contributed by atoms with Crippen LogP contribution in [0.15, 0.2) is 6.07 Å². The Hall–Kier alpha value is -1.40. The summed E-state index contributed by atoms with van der Waals surface area (Å²) in [4.78, 5) is 30.4. The van der Waals surface area contributed by atoms with E-state index in [-0.39, 0.29) is 11.8 Å². The Bertz CT molecular complexity index is 600. The summed E-state index contributed by atoms with van der Waals surface area (Å²) in [6, 6.07) is 2.86. The molecule has 1 saturated heterocycles. The zero-order valence-corrected chi connectivity index (χ0v) is 14.2. The summed E-state index contributed by atoms with van der Waals surface area (Å²) >= 11 is 1.64. The highest BCUT2D eigenvalue weighted by Crippen LogP contribution is 2.38. The number of amides is 2. The third-order valence-electron chi connectivity index (χ3n) is 4.97. The van der Waals surface area contributed by atoms with Crippen molar-refractivity contribution in [3.63, 3.8) is 0 Å². The smallest absolute Gasteiger partial charge is 0.261 e. The van der Waals surface area contributed by atoms with Crippen LogP contribution in [-0.4, -0.2) is 47.3 Å². The van der Waals surface area contributed by atoms with Crippen LogP contribution in [-0.2, 0) is 17.9 Å². The van der Waals surface area contributed by atoms with Gasteiger partial charge in [-0.15, -0.1) is 11.3 Å². The second kappa shape index (κ2) is 6.24. The molecular weight excluding hydrogens is 310 g/mol.